The Balaban J connectivity index is 2.88. The lowest BCUT2D eigenvalue weighted by atomic mass is 10.2. The molecule has 0 aliphatic heterocycles. The summed E-state index contributed by atoms with van der Waals surface area (Å²) in [4.78, 5) is 14.5. The largest absolute Gasteiger partial charge is 0.478 e. The van der Waals surface area contributed by atoms with Gasteiger partial charge in [0.05, 0.1) is 17.4 Å². The van der Waals surface area contributed by atoms with Crippen molar-refractivity contribution in [2.75, 3.05) is 5.73 Å². The van der Waals surface area contributed by atoms with Crippen LogP contribution in [0.3, 0.4) is 0 Å². The maximum Gasteiger partial charge on any atom is 0.337 e. The highest BCUT2D eigenvalue weighted by molar-refractivity contribution is 5.88. The average molecular weight is 210 g/mol. The van der Waals surface area contributed by atoms with E-state index in [2.05, 4.69) is 4.98 Å². The number of carboxylic acids is 1. The molecule has 0 aliphatic carbocycles. The quantitative estimate of drug-likeness (QED) is 0.787. The van der Waals surface area contributed by atoms with Crippen LogP contribution in [0, 0.1) is 0 Å². The number of pyridine rings is 1. The molecule has 1 aromatic rings. The molecule has 0 bridgehead atoms. The van der Waals surface area contributed by atoms with E-state index in [1.165, 1.54) is 12.3 Å². The summed E-state index contributed by atoms with van der Waals surface area (Å²) in [6.07, 6.45) is 2.08. The fraction of sp³-hybridized carbons (Fsp3) is 0.400. The highest BCUT2D eigenvalue weighted by Gasteiger charge is 2.10. The molecule has 82 valence electrons. The van der Waals surface area contributed by atoms with Crippen molar-refractivity contribution in [2.45, 2.75) is 26.4 Å². The second-order valence-electron chi connectivity index (χ2n) is 3.26. The molecule has 1 heterocycles. The number of hydrogen-bond donors (Lipinski definition) is 2. The maximum atomic E-state index is 10.6. The number of carboxylic acid groups (broad SMARTS) is 1. The zero-order valence-corrected chi connectivity index (χ0v) is 8.73. The predicted molar refractivity (Wildman–Crippen MR) is 56.0 cm³/mol. The Morgan fingerprint density at radius 3 is 2.87 bits per heavy atom. The van der Waals surface area contributed by atoms with Gasteiger partial charge < -0.3 is 15.6 Å². The molecule has 0 aromatic carbocycles. The Morgan fingerprint density at radius 1 is 1.73 bits per heavy atom. The molecule has 0 spiro atoms. The van der Waals surface area contributed by atoms with Crippen molar-refractivity contribution in [3.63, 3.8) is 0 Å². The van der Waals surface area contributed by atoms with Gasteiger partial charge in [-0.15, -0.1) is 0 Å². The van der Waals surface area contributed by atoms with E-state index in [0.717, 1.165) is 6.42 Å². The van der Waals surface area contributed by atoms with Gasteiger partial charge in [-0.3, -0.25) is 0 Å². The topological polar surface area (TPSA) is 85.4 Å². The van der Waals surface area contributed by atoms with Gasteiger partial charge in [0, 0.05) is 6.20 Å². The Labute approximate surface area is 87.9 Å². The van der Waals surface area contributed by atoms with Crippen molar-refractivity contribution in [2.24, 2.45) is 0 Å². The second kappa shape index (κ2) is 4.63. The Kier molecular flexibility index (Phi) is 3.49. The normalized spacial score (nSPS) is 12.1. The number of anilines is 1. The molecule has 0 saturated heterocycles. The monoisotopic (exact) mass is 210 g/mol. The van der Waals surface area contributed by atoms with Gasteiger partial charge in [0.1, 0.15) is 0 Å². The van der Waals surface area contributed by atoms with Crippen LogP contribution >= 0.6 is 0 Å². The molecule has 1 rings (SSSR count). The van der Waals surface area contributed by atoms with Gasteiger partial charge in [0.2, 0.25) is 5.88 Å². The van der Waals surface area contributed by atoms with Crippen LogP contribution in [-0.4, -0.2) is 22.2 Å². The SMILES string of the molecule is CCC(C)Oc1ncc(C(=O)O)cc1N. The molecule has 1 unspecified atom stereocenters. The van der Waals surface area contributed by atoms with Crippen molar-refractivity contribution >= 4 is 11.7 Å². The van der Waals surface area contributed by atoms with Crippen molar-refractivity contribution in [3.8, 4) is 5.88 Å². The minimum absolute atomic E-state index is 0.00970. The van der Waals surface area contributed by atoms with Gasteiger partial charge in [-0.1, -0.05) is 6.92 Å². The lowest BCUT2D eigenvalue weighted by Crippen LogP contribution is -2.12. The van der Waals surface area contributed by atoms with E-state index in [4.69, 9.17) is 15.6 Å². The number of nitrogens with zero attached hydrogens (tertiary/aromatic N) is 1. The zero-order valence-electron chi connectivity index (χ0n) is 8.73. The van der Waals surface area contributed by atoms with Gasteiger partial charge in [-0.05, 0) is 19.4 Å². The van der Waals surface area contributed by atoms with E-state index in [1.807, 2.05) is 13.8 Å². The van der Waals surface area contributed by atoms with Crippen LogP contribution in [0.1, 0.15) is 30.6 Å². The van der Waals surface area contributed by atoms with Crippen molar-refractivity contribution in [3.05, 3.63) is 17.8 Å². The lowest BCUT2D eigenvalue weighted by molar-refractivity contribution is 0.0696. The Morgan fingerprint density at radius 2 is 2.40 bits per heavy atom. The molecular weight excluding hydrogens is 196 g/mol. The van der Waals surface area contributed by atoms with E-state index in [-0.39, 0.29) is 23.2 Å². The van der Waals surface area contributed by atoms with E-state index in [0.29, 0.717) is 0 Å². The van der Waals surface area contributed by atoms with Crippen LogP contribution in [0.2, 0.25) is 0 Å². The van der Waals surface area contributed by atoms with E-state index in [1.54, 1.807) is 0 Å². The summed E-state index contributed by atoms with van der Waals surface area (Å²) in [5.41, 5.74) is 5.92. The summed E-state index contributed by atoms with van der Waals surface area (Å²) in [6, 6.07) is 1.34. The molecule has 0 aliphatic rings. The van der Waals surface area contributed by atoms with Crippen LogP contribution < -0.4 is 10.5 Å². The Hall–Kier alpha value is -1.78. The van der Waals surface area contributed by atoms with Crippen LogP contribution in [0.15, 0.2) is 12.3 Å². The number of nitrogen functional groups attached to an aromatic ring is 1. The van der Waals surface area contributed by atoms with E-state index >= 15 is 0 Å². The summed E-state index contributed by atoms with van der Waals surface area (Å²) >= 11 is 0. The smallest absolute Gasteiger partial charge is 0.337 e. The van der Waals surface area contributed by atoms with Crippen molar-refractivity contribution < 1.29 is 14.6 Å². The second-order valence-corrected chi connectivity index (χ2v) is 3.26. The number of nitrogens with two attached hydrogens (primary N) is 1. The van der Waals surface area contributed by atoms with Crippen LogP contribution in [0.25, 0.3) is 0 Å². The third-order valence-corrected chi connectivity index (χ3v) is 2.01. The summed E-state index contributed by atoms with van der Waals surface area (Å²) in [5.74, 6) is -0.765. The number of hydrogen-bond acceptors (Lipinski definition) is 4. The summed E-state index contributed by atoms with van der Waals surface area (Å²) in [7, 11) is 0. The van der Waals surface area contributed by atoms with Crippen LogP contribution in [0.4, 0.5) is 5.69 Å². The van der Waals surface area contributed by atoms with E-state index in [9.17, 15) is 4.79 Å². The first-order valence-electron chi connectivity index (χ1n) is 4.70. The van der Waals surface area contributed by atoms with E-state index < -0.39 is 5.97 Å². The molecule has 1 aromatic heterocycles. The first-order chi connectivity index (χ1) is 7.04. The zero-order chi connectivity index (χ0) is 11.4. The fourth-order valence-electron chi connectivity index (χ4n) is 0.959. The molecule has 15 heavy (non-hydrogen) atoms. The molecule has 5 nitrogen and oxygen atoms in total. The highest BCUT2D eigenvalue weighted by Crippen LogP contribution is 2.20. The lowest BCUT2D eigenvalue weighted by Gasteiger charge is -2.13. The van der Waals surface area contributed by atoms with Gasteiger partial charge in [-0.25, -0.2) is 9.78 Å². The number of aromatic nitrogens is 1. The molecule has 0 amide bonds. The molecule has 3 N–H and O–H groups in total. The Bertz CT molecular complexity index is 366. The molecule has 0 radical (unpaired) electrons. The number of rotatable bonds is 4. The average Bonchev–Trinajstić information content (AvgIpc) is 2.20. The van der Waals surface area contributed by atoms with Gasteiger partial charge in [0.15, 0.2) is 0 Å². The molecule has 5 heteroatoms. The number of carbonyl (C=O) groups is 1. The molecule has 1 atom stereocenters. The van der Waals surface area contributed by atoms with Crippen molar-refractivity contribution in [1.82, 2.24) is 4.98 Å². The van der Waals surface area contributed by atoms with Crippen LogP contribution in [-0.2, 0) is 0 Å². The highest BCUT2D eigenvalue weighted by atomic mass is 16.5. The number of aromatic carboxylic acids is 1. The number of ether oxygens (including phenoxy) is 1. The van der Waals surface area contributed by atoms with Gasteiger partial charge in [0.25, 0.3) is 0 Å². The predicted octanol–water partition coefficient (Wildman–Crippen LogP) is 1.54. The fourth-order valence-corrected chi connectivity index (χ4v) is 0.959. The standard InChI is InChI=1S/C10H14N2O3/c1-3-6(2)15-9-8(11)4-7(5-12-9)10(13)14/h4-6H,3,11H2,1-2H3,(H,13,14). The van der Waals surface area contributed by atoms with Crippen molar-refractivity contribution in [1.29, 1.82) is 0 Å². The third-order valence-electron chi connectivity index (χ3n) is 2.01. The summed E-state index contributed by atoms with van der Waals surface area (Å²) < 4.78 is 5.40. The first kappa shape index (κ1) is 11.3. The maximum absolute atomic E-state index is 10.6. The third kappa shape index (κ3) is 2.83. The molecule has 0 fully saturated rings. The van der Waals surface area contributed by atoms with Crippen LogP contribution in [0.5, 0.6) is 5.88 Å². The van der Waals surface area contributed by atoms with Gasteiger partial charge >= 0.3 is 5.97 Å². The summed E-state index contributed by atoms with van der Waals surface area (Å²) in [6.45, 7) is 3.87. The summed E-state index contributed by atoms with van der Waals surface area (Å²) in [5, 5.41) is 8.69. The molecule has 0 saturated carbocycles. The molecular formula is C10H14N2O3. The minimum Gasteiger partial charge on any atom is -0.478 e. The first-order valence-corrected chi connectivity index (χ1v) is 4.70. The van der Waals surface area contributed by atoms with Gasteiger partial charge in [-0.2, -0.15) is 0 Å². The minimum atomic E-state index is -1.05.